The van der Waals surface area contributed by atoms with Crippen molar-refractivity contribution in [3.8, 4) is 11.5 Å². The lowest BCUT2D eigenvalue weighted by atomic mass is 10.2. The van der Waals surface area contributed by atoms with Crippen LogP contribution < -0.4 is 20.3 Å². The lowest BCUT2D eigenvalue weighted by Gasteiger charge is -2.15. The van der Waals surface area contributed by atoms with Gasteiger partial charge in [-0.3, -0.25) is 20.4 Å². The normalized spacial score (nSPS) is 11.4. The molecule has 8 heteroatoms. The summed E-state index contributed by atoms with van der Waals surface area (Å²) in [6, 6.07) is 12.0. The highest BCUT2D eigenvalue weighted by molar-refractivity contribution is 6.35. The number of benzene rings is 2. The third-order valence-electron chi connectivity index (χ3n) is 3.25. The first-order valence-corrected chi connectivity index (χ1v) is 8.50. The molecule has 0 fully saturated rings. The predicted octanol–water partition coefficient (Wildman–Crippen LogP) is 3.30. The Morgan fingerprint density at radius 3 is 2.58 bits per heavy atom. The van der Waals surface area contributed by atoms with Crippen LogP contribution in [0.25, 0.3) is 0 Å². The van der Waals surface area contributed by atoms with Crippen LogP contribution in [0.15, 0.2) is 42.5 Å². The molecule has 2 aromatic rings. The molecule has 0 bridgehead atoms. The summed E-state index contributed by atoms with van der Waals surface area (Å²) in [6.07, 6.45) is -0.788. The van der Waals surface area contributed by atoms with Crippen molar-refractivity contribution in [3.05, 3.63) is 58.1 Å². The molecule has 0 aliphatic heterocycles. The fraction of sp³-hybridized carbons (Fsp3) is 0.222. The molecule has 0 saturated carbocycles. The van der Waals surface area contributed by atoms with E-state index in [0.717, 1.165) is 5.56 Å². The van der Waals surface area contributed by atoms with Gasteiger partial charge in [-0.25, -0.2) is 0 Å². The van der Waals surface area contributed by atoms with Crippen molar-refractivity contribution in [3.63, 3.8) is 0 Å². The maximum absolute atomic E-state index is 12.0. The van der Waals surface area contributed by atoms with Crippen molar-refractivity contribution >= 4 is 35.0 Å². The van der Waals surface area contributed by atoms with Gasteiger partial charge in [0.15, 0.2) is 12.7 Å². The Morgan fingerprint density at radius 1 is 1.12 bits per heavy atom. The average molecular weight is 397 g/mol. The molecule has 2 aromatic carbocycles. The van der Waals surface area contributed by atoms with Crippen LogP contribution in [0.1, 0.15) is 12.5 Å². The fourth-order valence-corrected chi connectivity index (χ4v) is 2.41. The Balaban J connectivity index is 1.76. The van der Waals surface area contributed by atoms with Crippen LogP contribution in [-0.4, -0.2) is 24.5 Å². The number of halogens is 2. The van der Waals surface area contributed by atoms with Crippen LogP contribution in [0.4, 0.5) is 0 Å². The third kappa shape index (κ3) is 6.13. The summed E-state index contributed by atoms with van der Waals surface area (Å²) in [4.78, 5) is 23.7. The molecule has 0 radical (unpaired) electrons. The van der Waals surface area contributed by atoms with Crippen molar-refractivity contribution in [1.29, 1.82) is 0 Å². The SMILES string of the molecule is Cc1cccc(OC(C)C(=O)NNC(=O)COc2ccc(Cl)cc2Cl)c1. The van der Waals surface area contributed by atoms with E-state index in [0.29, 0.717) is 16.5 Å². The third-order valence-corrected chi connectivity index (χ3v) is 3.78. The Morgan fingerprint density at radius 2 is 1.88 bits per heavy atom. The van der Waals surface area contributed by atoms with E-state index in [2.05, 4.69) is 10.9 Å². The number of carbonyl (C=O) groups is 2. The summed E-state index contributed by atoms with van der Waals surface area (Å²) in [5, 5.41) is 0.746. The van der Waals surface area contributed by atoms with Crippen molar-refractivity contribution < 1.29 is 19.1 Å². The molecule has 0 aliphatic carbocycles. The van der Waals surface area contributed by atoms with Gasteiger partial charge in [0, 0.05) is 5.02 Å². The van der Waals surface area contributed by atoms with E-state index in [1.807, 2.05) is 25.1 Å². The van der Waals surface area contributed by atoms with Gasteiger partial charge in [-0.1, -0.05) is 35.3 Å². The zero-order valence-electron chi connectivity index (χ0n) is 14.2. The summed E-state index contributed by atoms with van der Waals surface area (Å²) in [5.74, 6) is -0.162. The average Bonchev–Trinajstić information content (AvgIpc) is 2.58. The highest BCUT2D eigenvalue weighted by Gasteiger charge is 2.16. The Bertz CT molecular complexity index is 799. The number of ether oxygens (including phenoxy) is 2. The number of hydrogen-bond donors (Lipinski definition) is 2. The van der Waals surface area contributed by atoms with E-state index >= 15 is 0 Å². The molecule has 0 saturated heterocycles. The maximum Gasteiger partial charge on any atom is 0.279 e. The Kier molecular flexibility index (Phi) is 7.12. The van der Waals surface area contributed by atoms with Gasteiger partial charge in [0.05, 0.1) is 5.02 Å². The summed E-state index contributed by atoms with van der Waals surface area (Å²) in [6.45, 7) is 3.17. The quantitative estimate of drug-likeness (QED) is 0.734. The van der Waals surface area contributed by atoms with Crippen molar-refractivity contribution in [2.45, 2.75) is 20.0 Å². The minimum absolute atomic E-state index is 0.287. The molecule has 0 spiro atoms. The van der Waals surface area contributed by atoms with E-state index in [-0.39, 0.29) is 11.6 Å². The summed E-state index contributed by atoms with van der Waals surface area (Å²) in [7, 11) is 0. The van der Waals surface area contributed by atoms with E-state index in [1.54, 1.807) is 25.1 Å². The number of amides is 2. The van der Waals surface area contributed by atoms with Crippen LogP contribution >= 0.6 is 23.2 Å². The first-order valence-electron chi connectivity index (χ1n) is 7.75. The number of hydrazine groups is 1. The highest BCUT2D eigenvalue weighted by Crippen LogP contribution is 2.27. The fourth-order valence-electron chi connectivity index (χ4n) is 1.95. The number of nitrogens with one attached hydrogen (secondary N) is 2. The van der Waals surface area contributed by atoms with Crippen LogP contribution in [0.2, 0.25) is 10.0 Å². The molecule has 1 unspecified atom stereocenters. The smallest absolute Gasteiger partial charge is 0.279 e. The zero-order valence-corrected chi connectivity index (χ0v) is 15.7. The molecule has 2 amide bonds. The molecular weight excluding hydrogens is 379 g/mol. The van der Waals surface area contributed by atoms with Crippen LogP contribution in [0.3, 0.4) is 0 Å². The molecule has 0 heterocycles. The number of hydrogen-bond acceptors (Lipinski definition) is 4. The van der Waals surface area contributed by atoms with Crippen molar-refractivity contribution in [2.75, 3.05) is 6.61 Å². The minimum Gasteiger partial charge on any atom is -0.482 e. The van der Waals surface area contributed by atoms with E-state index in [1.165, 1.54) is 6.07 Å². The van der Waals surface area contributed by atoms with Gasteiger partial charge in [0.2, 0.25) is 0 Å². The van der Waals surface area contributed by atoms with Crippen LogP contribution in [-0.2, 0) is 9.59 Å². The van der Waals surface area contributed by atoms with Crippen LogP contribution in [0, 0.1) is 6.92 Å². The number of carbonyl (C=O) groups excluding carboxylic acids is 2. The number of aryl methyl sites for hydroxylation is 1. The minimum atomic E-state index is -0.788. The molecule has 0 aromatic heterocycles. The van der Waals surface area contributed by atoms with Gasteiger partial charge in [-0.05, 0) is 49.7 Å². The van der Waals surface area contributed by atoms with E-state index in [9.17, 15) is 9.59 Å². The molecule has 138 valence electrons. The molecular formula is C18H18Cl2N2O4. The topological polar surface area (TPSA) is 76.7 Å². The lowest BCUT2D eigenvalue weighted by molar-refractivity contribution is -0.133. The zero-order chi connectivity index (χ0) is 19.1. The maximum atomic E-state index is 12.0. The summed E-state index contributed by atoms with van der Waals surface area (Å²) < 4.78 is 10.8. The van der Waals surface area contributed by atoms with Gasteiger partial charge in [0.1, 0.15) is 11.5 Å². The Labute approximate surface area is 161 Å². The summed E-state index contributed by atoms with van der Waals surface area (Å²) >= 11 is 11.7. The van der Waals surface area contributed by atoms with Crippen molar-refractivity contribution in [2.24, 2.45) is 0 Å². The molecule has 26 heavy (non-hydrogen) atoms. The summed E-state index contributed by atoms with van der Waals surface area (Å²) in [5.41, 5.74) is 5.54. The van der Waals surface area contributed by atoms with Gasteiger partial charge >= 0.3 is 0 Å². The molecule has 2 rings (SSSR count). The molecule has 1 atom stereocenters. The van der Waals surface area contributed by atoms with Crippen LogP contribution in [0.5, 0.6) is 11.5 Å². The monoisotopic (exact) mass is 396 g/mol. The first-order chi connectivity index (χ1) is 12.3. The largest absolute Gasteiger partial charge is 0.482 e. The second-order valence-corrected chi connectivity index (χ2v) is 6.32. The predicted molar refractivity (Wildman–Crippen MR) is 99.5 cm³/mol. The van der Waals surface area contributed by atoms with Gasteiger partial charge < -0.3 is 9.47 Å². The first kappa shape index (κ1) is 19.9. The van der Waals surface area contributed by atoms with E-state index in [4.69, 9.17) is 32.7 Å². The lowest BCUT2D eigenvalue weighted by Crippen LogP contribution is -2.48. The van der Waals surface area contributed by atoms with Gasteiger partial charge in [-0.2, -0.15) is 0 Å². The van der Waals surface area contributed by atoms with Gasteiger partial charge in [-0.15, -0.1) is 0 Å². The van der Waals surface area contributed by atoms with Gasteiger partial charge in [0.25, 0.3) is 11.8 Å². The standard InChI is InChI=1S/C18H18Cl2N2O4/c1-11-4-3-5-14(8-11)26-12(2)18(24)22-21-17(23)10-25-16-7-6-13(19)9-15(16)20/h3-9,12H,10H2,1-2H3,(H,21,23)(H,22,24). The molecule has 0 aliphatic rings. The molecule has 6 nitrogen and oxygen atoms in total. The number of rotatable bonds is 6. The van der Waals surface area contributed by atoms with Crippen molar-refractivity contribution in [1.82, 2.24) is 10.9 Å². The highest BCUT2D eigenvalue weighted by atomic mass is 35.5. The molecule has 2 N–H and O–H groups in total. The Hall–Kier alpha value is -2.44. The second-order valence-electron chi connectivity index (χ2n) is 5.48. The second kappa shape index (κ2) is 9.31. The van der Waals surface area contributed by atoms with E-state index < -0.39 is 17.9 Å².